The Kier molecular flexibility index (Phi) is 4.45. The predicted molar refractivity (Wildman–Crippen MR) is 116 cm³/mol. The molecule has 2 aromatic heterocycles. The second-order valence-electron chi connectivity index (χ2n) is 8.56. The fourth-order valence-electron chi connectivity index (χ4n) is 4.86. The smallest absolute Gasteiger partial charge is 0.258 e. The molecule has 31 heavy (non-hydrogen) atoms. The Bertz CT molecular complexity index is 1230. The summed E-state index contributed by atoms with van der Waals surface area (Å²) < 4.78 is 7.87. The van der Waals surface area contributed by atoms with Crippen LogP contribution in [0.3, 0.4) is 0 Å². The number of aryl methyl sites for hydroxylation is 2. The van der Waals surface area contributed by atoms with Gasteiger partial charge in [-0.25, -0.2) is 9.97 Å². The van der Waals surface area contributed by atoms with Gasteiger partial charge in [-0.05, 0) is 32.0 Å². The number of ether oxygens (including phenoxy) is 1. The van der Waals surface area contributed by atoms with E-state index >= 15 is 0 Å². The Balaban J connectivity index is 1.75. The Morgan fingerprint density at radius 1 is 1.26 bits per heavy atom. The van der Waals surface area contributed by atoms with Crippen molar-refractivity contribution < 1.29 is 4.74 Å². The highest BCUT2D eigenvalue weighted by atomic mass is 16.5. The molecule has 8 nitrogen and oxygen atoms in total. The molecule has 2 bridgehead atoms. The number of hydrogen-bond acceptors (Lipinski definition) is 7. The lowest BCUT2D eigenvalue weighted by Crippen LogP contribution is -2.53. The van der Waals surface area contributed by atoms with Crippen LogP contribution in [-0.4, -0.2) is 44.3 Å². The highest BCUT2D eigenvalue weighted by Crippen LogP contribution is 2.41. The van der Waals surface area contributed by atoms with Crippen molar-refractivity contribution in [3.63, 3.8) is 0 Å². The lowest BCUT2D eigenvalue weighted by Gasteiger charge is -2.47. The molecule has 5 rings (SSSR count). The highest BCUT2D eigenvalue weighted by molar-refractivity contribution is 5.69. The molecule has 4 heterocycles. The number of fused-ring (bicyclic) bond motifs is 7. The number of nitrogens with zero attached hydrogens (tertiary/aromatic N) is 6. The number of nitriles is 1. The number of anilines is 1. The van der Waals surface area contributed by atoms with Crippen LogP contribution in [0.15, 0.2) is 24.4 Å². The molecular weight excluding hydrogens is 390 g/mol. The summed E-state index contributed by atoms with van der Waals surface area (Å²) >= 11 is 0. The highest BCUT2D eigenvalue weighted by Gasteiger charge is 2.40. The maximum Gasteiger partial charge on any atom is 0.258 e. The largest absolute Gasteiger partial charge is 0.467 e. The molecule has 0 spiro atoms. The normalized spacial score (nSPS) is 22.5. The van der Waals surface area contributed by atoms with E-state index in [9.17, 15) is 5.26 Å². The Morgan fingerprint density at radius 2 is 2.06 bits per heavy atom. The molecule has 0 radical (unpaired) electrons. The summed E-state index contributed by atoms with van der Waals surface area (Å²) in [5.74, 6) is 0.860. The quantitative estimate of drug-likeness (QED) is 0.602. The molecule has 1 aromatic carbocycles. The maximum atomic E-state index is 9.79. The van der Waals surface area contributed by atoms with E-state index in [1.165, 1.54) is 11.1 Å². The lowest BCUT2D eigenvalue weighted by atomic mass is 9.77. The van der Waals surface area contributed by atoms with Gasteiger partial charge in [-0.3, -0.25) is 4.68 Å². The Morgan fingerprint density at radius 3 is 2.81 bits per heavy atom. The first kappa shape index (κ1) is 19.5. The van der Waals surface area contributed by atoms with Gasteiger partial charge in [-0.1, -0.05) is 23.8 Å². The summed E-state index contributed by atoms with van der Waals surface area (Å²) in [7, 11) is 3.92. The monoisotopic (exact) mass is 415 g/mol. The van der Waals surface area contributed by atoms with Crippen molar-refractivity contribution in [2.75, 3.05) is 19.3 Å². The predicted octanol–water partition coefficient (Wildman–Crippen LogP) is 2.73. The van der Waals surface area contributed by atoms with E-state index in [4.69, 9.17) is 15.6 Å². The van der Waals surface area contributed by atoms with Crippen LogP contribution in [0.2, 0.25) is 0 Å². The summed E-state index contributed by atoms with van der Waals surface area (Å²) in [6.45, 7) is 5.07. The summed E-state index contributed by atoms with van der Waals surface area (Å²) in [5, 5.41) is 14.5. The van der Waals surface area contributed by atoms with Crippen molar-refractivity contribution in [3.05, 3.63) is 52.5 Å². The number of hydrogen-bond donors (Lipinski definition) is 1. The van der Waals surface area contributed by atoms with Crippen LogP contribution in [0.4, 0.5) is 5.82 Å². The van der Waals surface area contributed by atoms with Gasteiger partial charge >= 0.3 is 0 Å². The van der Waals surface area contributed by atoms with E-state index in [0.717, 1.165) is 24.2 Å². The van der Waals surface area contributed by atoms with Crippen LogP contribution in [0.1, 0.15) is 47.0 Å². The average Bonchev–Trinajstić information content (AvgIpc) is 3.06. The molecule has 3 aromatic rings. The van der Waals surface area contributed by atoms with E-state index in [1.54, 1.807) is 17.9 Å². The standard InChI is InChI=1S/C23H25N7O/c1-12-5-6-14-15(7-12)13(2)31-23-22(25)26-10-18(27-23)21-17(28-30(4)20(21)9-24)8-19-16(14)11-29(19)3/h5-7,10,13,16,19H,8,11H2,1-4H3,(H2,25,26)/t13-,16?,19?/m1/s1. The summed E-state index contributed by atoms with van der Waals surface area (Å²) in [6.07, 6.45) is 2.08. The van der Waals surface area contributed by atoms with Crippen molar-refractivity contribution >= 4 is 5.82 Å². The van der Waals surface area contributed by atoms with E-state index in [2.05, 4.69) is 53.1 Å². The van der Waals surface area contributed by atoms with Gasteiger partial charge in [0.1, 0.15) is 17.9 Å². The molecular formula is C23H25N7O. The second-order valence-corrected chi connectivity index (χ2v) is 8.56. The number of benzene rings is 1. The van der Waals surface area contributed by atoms with Gasteiger partial charge in [0.25, 0.3) is 5.88 Å². The Hall–Kier alpha value is -3.44. The number of likely N-dealkylation sites (tertiary alicyclic amines) is 1. The fourth-order valence-corrected chi connectivity index (χ4v) is 4.86. The van der Waals surface area contributed by atoms with Gasteiger partial charge in [-0.2, -0.15) is 10.4 Å². The number of rotatable bonds is 0. The first-order valence-electron chi connectivity index (χ1n) is 10.4. The van der Waals surface area contributed by atoms with Gasteiger partial charge in [0.15, 0.2) is 5.82 Å². The van der Waals surface area contributed by atoms with Crippen LogP contribution in [0, 0.1) is 18.3 Å². The fraction of sp³-hybridized carbons (Fsp3) is 0.391. The van der Waals surface area contributed by atoms with Crippen molar-refractivity contribution in [1.29, 1.82) is 5.26 Å². The maximum absolute atomic E-state index is 9.79. The number of nitrogens with two attached hydrogens (primary N) is 1. The zero-order chi connectivity index (χ0) is 21.9. The molecule has 0 saturated carbocycles. The van der Waals surface area contributed by atoms with Crippen molar-refractivity contribution in [2.24, 2.45) is 7.05 Å². The molecule has 2 aliphatic heterocycles. The molecule has 2 aliphatic rings. The third-order valence-corrected chi connectivity index (χ3v) is 6.53. The number of likely N-dealkylation sites (N-methyl/N-ethyl adjacent to an activating group) is 1. The second kappa shape index (κ2) is 7.06. The number of aromatic nitrogens is 4. The molecule has 158 valence electrons. The number of nitrogen functional groups attached to an aromatic ring is 1. The van der Waals surface area contributed by atoms with Crippen LogP contribution >= 0.6 is 0 Å². The SMILES string of the molecule is Cc1ccc2c(c1)[C@@H](C)Oc1nc(cnc1N)-c1c(nn(C)c1C#N)CC1C2CN1C. The van der Waals surface area contributed by atoms with Crippen LogP contribution in [0.25, 0.3) is 11.3 Å². The summed E-state index contributed by atoms with van der Waals surface area (Å²) in [6, 6.07) is 9.10. The third kappa shape index (κ3) is 3.04. The van der Waals surface area contributed by atoms with E-state index in [-0.39, 0.29) is 23.8 Å². The van der Waals surface area contributed by atoms with Crippen molar-refractivity contribution in [1.82, 2.24) is 24.6 Å². The van der Waals surface area contributed by atoms with Gasteiger partial charge in [0.2, 0.25) is 0 Å². The van der Waals surface area contributed by atoms with Crippen LogP contribution in [-0.2, 0) is 13.5 Å². The average molecular weight is 416 g/mol. The molecule has 8 heteroatoms. The summed E-state index contributed by atoms with van der Waals surface area (Å²) in [5.41, 5.74) is 12.3. The zero-order valence-corrected chi connectivity index (χ0v) is 18.1. The first-order chi connectivity index (χ1) is 14.9. The minimum Gasteiger partial charge on any atom is -0.467 e. The molecule has 0 aliphatic carbocycles. The van der Waals surface area contributed by atoms with Gasteiger partial charge in [-0.15, -0.1) is 0 Å². The molecule has 2 unspecified atom stereocenters. The minimum atomic E-state index is -0.239. The third-order valence-electron chi connectivity index (χ3n) is 6.53. The summed E-state index contributed by atoms with van der Waals surface area (Å²) in [4.78, 5) is 11.3. The lowest BCUT2D eigenvalue weighted by molar-refractivity contribution is 0.0879. The van der Waals surface area contributed by atoms with E-state index < -0.39 is 0 Å². The van der Waals surface area contributed by atoms with Crippen molar-refractivity contribution in [3.8, 4) is 23.2 Å². The van der Waals surface area contributed by atoms with Crippen LogP contribution < -0.4 is 10.5 Å². The van der Waals surface area contributed by atoms with E-state index in [0.29, 0.717) is 22.9 Å². The van der Waals surface area contributed by atoms with Gasteiger partial charge < -0.3 is 15.4 Å². The van der Waals surface area contributed by atoms with Crippen LogP contribution in [0.5, 0.6) is 5.88 Å². The topological polar surface area (TPSA) is 106 Å². The first-order valence-corrected chi connectivity index (χ1v) is 10.4. The van der Waals surface area contributed by atoms with E-state index in [1.807, 2.05) is 6.92 Å². The minimum absolute atomic E-state index is 0.229. The molecule has 1 fully saturated rings. The Labute approximate surface area is 181 Å². The molecule has 1 saturated heterocycles. The molecule has 3 atom stereocenters. The van der Waals surface area contributed by atoms with Gasteiger partial charge in [0.05, 0.1) is 23.1 Å². The zero-order valence-electron chi connectivity index (χ0n) is 18.1. The molecule has 0 amide bonds. The van der Waals surface area contributed by atoms with Gasteiger partial charge in [0, 0.05) is 32.0 Å². The molecule has 2 N–H and O–H groups in total. The van der Waals surface area contributed by atoms with Crippen molar-refractivity contribution in [2.45, 2.75) is 38.3 Å².